The summed E-state index contributed by atoms with van der Waals surface area (Å²) in [6, 6.07) is 0. The number of ketones is 1. The number of hydrogen-bond donors (Lipinski definition) is 0. The van der Waals surface area contributed by atoms with Crippen LogP contribution >= 0.6 is 0 Å². The van der Waals surface area contributed by atoms with E-state index >= 15 is 0 Å². The Balaban J connectivity index is 3.29. The summed E-state index contributed by atoms with van der Waals surface area (Å²) < 4.78 is 47.1. The summed E-state index contributed by atoms with van der Waals surface area (Å²) in [5, 5.41) is 0. The fraction of sp³-hybridized carbons (Fsp3) is 0.500. The van der Waals surface area contributed by atoms with Crippen LogP contribution in [0.15, 0.2) is 16.3 Å². The second kappa shape index (κ2) is 6.51. The van der Waals surface area contributed by atoms with Crippen LogP contribution in [0, 0.1) is 5.92 Å². The van der Waals surface area contributed by atoms with Gasteiger partial charge in [0, 0.05) is 6.21 Å². The van der Waals surface area contributed by atoms with E-state index in [9.17, 15) is 27.6 Å². The van der Waals surface area contributed by atoms with Crippen molar-refractivity contribution in [1.29, 1.82) is 0 Å². The van der Waals surface area contributed by atoms with Crippen molar-refractivity contribution >= 4 is 23.9 Å². The molecule has 1 aliphatic heterocycles. The molecule has 1 heterocycles. The molecule has 0 aromatic rings. The van der Waals surface area contributed by atoms with E-state index in [1.165, 1.54) is 13.8 Å². The summed E-state index contributed by atoms with van der Waals surface area (Å²) in [7, 11) is 0. The van der Waals surface area contributed by atoms with Gasteiger partial charge in [-0.25, -0.2) is 9.59 Å². The Morgan fingerprint density at radius 1 is 1.19 bits per heavy atom. The molecule has 0 saturated carbocycles. The first-order valence-electron chi connectivity index (χ1n) is 5.97. The number of carbonyl (C=O) groups is 3. The Labute approximate surface area is 117 Å². The van der Waals surface area contributed by atoms with Gasteiger partial charge in [-0.05, 0) is 13.8 Å². The van der Waals surface area contributed by atoms with Crippen molar-refractivity contribution in [3.05, 3.63) is 11.3 Å². The standard InChI is InChI=1S/C12H12F3NO5/c1-3-20-10(18)7-8(11(19)21-4-2)16-5-6(9(7)17)12(13,14)15/h5-6H,3-4H2,1-2H3. The van der Waals surface area contributed by atoms with Crippen molar-refractivity contribution in [3.8, 4) is 0 Å². The highest BCUT2D eigenvalue weighted by Crippen LogP contribution is 2.32. The first-order valence-corrected chi connectivity index (χ1v) is 5.97. The lowest BCUT2D eigenvalue weighted by Crippen LogP contribution is -2.38. The second-order valence-electron chi connectivity index (χ2n) is 3.83. The highest BCUT2D eigenvalue weighted by molar-refractivity contribution is 6.27. The van der Waals surface area contributed by atoms with Gasteiger partial charge in [-0.3, -0.25) is 9.79 Å². The molecule has 1 aliphatic rings. The molecule has 0 saturated heterocycles. The van der Waals surface area contributed by atoms with Gasteiger partial charge in [-0.1, -0.05) is 0 Å². The molecule has 0 aromatic carbocycles. The van der Waals surface area contributed by atoms with E-state index in [1.54, 1.807) is 0 Å². The largest absolute Gasteiger partial charge is 0.462 e. The van der Waals surface area contributed by atoms with Gasteiger partial charge in [0.15, 0.2) is 17.4 Å². The number of Topliss-reactive ketones (excluding diaryl/α,β-unsaturated/α-hetero) is 1. The Morgan fingerprint density at radius 2 is 1.71 bits per heavy atom. The quantitative estimate of drug-likeness (QED) is 0.576. The van der Waals surface area contributed by atoms with E-state index in [0.29, 0.717) is 0 Å². The average Bonchev–Trinajstić information content (AvgIpc) is 2.37. The fourth-order valence-electron chi connectivity index (χ4n) is 1.54. The van der Waals surface area contributed by atoms with Gasteiger partial charge < -0.3 is 9.47 Å². The van der Waals surface area contributed by atoms with E-state index in [2.05, 4.69) is 14.5 Å². The summed E-state index contributed by atoms with van der Waals surface area (Å²) in [5.41, 5.74) is -1.82. The van der Waals surface area contributed by atoms with Crippen molar-refractivity contribution in [1.82, 2.24) is 0 Å². The molecule has 0 fully saturated rings. The minimum absolute atomic E-state index is 0.0924. The first kappa shape index (κ1) is 16.9. The maximum Gasteiger partial charge on any atom is 0.403 e. The van der Waals surface area contributed by atoms with Crippen LogP contribution in [0.4, 0.5) is 13.2 Å². The first-order chi connectivity index (χ1) is 9.73. The zero-order valence-corrected chi connectivity index (χ0v) is 11.2. The third-order valence-electron chi connectivity index (χ3n) is 2.42. The minimum Gasteiger partial charge on any atom is -0.462 e. The lowest BCUT2D eigenvalue weighted by Gasteiger charge is -2.20. The van der Waals surface area contributed by atoms with Gasteiger partial charge in [0.2, 0.25) is 0 Å². The van der Waals surface area contributed by atoms with Crippen LogP contribution in [0.5, 0.6) is 0 Å². The molecule has 0 N–H and O–H groups in total. The van der Waals surface area contributed by atoms with E-state index < -0.39 is 41.1 Å². The third kappa shape index (κ3) is 3.67. The van der Waals surface area contributed by atoms with E-state index in [-0.39, 0.29) is 19.4 Å². The Bertz CT molecular complexity index is 521. The number of hydrogen-bond acceptors (Lipinski definition) is 6. The van der Waals surface area contributed by atoms with Crippen LogP contribution in [0.1, 0.15) is 13.8 Å². The number of alkyl halides is 3. The predicted molar refractivity (Wildman–Crippen MR) is 63.3 cm³/mol. The van der Waals surface area contributed by atoms with Crippen LogP contribution in [0.2, 0.25) is 0 Å². The number of aliphatic imine (C=N–C) groups is 1. The maximum atomic E-state index is 12.7. The molecule has 0 radical (unpaired) electrons. The topological polar surface area (TPSA) is 82.0 Å². The molecule has 0 amide bonds. The van der Waals surface area contributed by atoms with Crippen LogP contribution in [-0.2, 0) is 23.9 Å². The highest BCUT2D eigenvalue weighted by Gasteiger charge is 2.49. The predicted octanol–water partition coefficient (Wildman–Crippen LogP) is 1.20. The summed E-state index contributed by atoms with van der Waals surface area (Å²) in [6.07, 6.45) is -4.64. The molecule has 0 spiro atoms. The highest BCUT2D eigenvalue weighted by atomic mass is 19.4. The number of rotatable bonds is 4. The SMILES string of the molecule is CCOC(=O)C1=C(C(=O)OCC)C(=O)C(C(F)(F)F)C=N1. The molecule has 9 heteroatoms. The second-order valence-corrected chi connectivity index (χ2v) is 3.83. The van der Waals surface area contributed by atoms with Crippen molar-refractivity contribution < 1.29 is 37.0 Å². The Hall–Kier alpha value is -2.19. The normalized spacial score (nSPS) is 18.7. The third-order valence-corrected chi connectivity index (χ3v) is 2.42. The van der Waals surface area contributed by atoms with Crippen LogP contribution in [-0.4, -0.2) is 43.3 Å². The number of esters is 2. The summed E-state index contributed by atoms with van der Waals surface area (Å²) >= 11 is 0. The lowest BCUT2D eigenvalue weighted by atomic mass is 9.94. The van der Waals surface area contributed by atoms with E-state index in [0.717, 1.165) is 0 Å². The number of halogens is 3. The van der Waals surface area contributed by atoms with Gasteiger partial charge in [-0.15, -0.1) is 0 Å². The van der Waals surface area contributed by atoms with Gasteiger partial charge >= 0.3 is 18.1 Å². The van der Waals surface area contributed by atoms with E-state index in [4.69, 9.17) is 0 Å². The zero-order chi connectivity index (χ0) is 16.2. The Morgan fingerprint density at radius 3 is 2.19 bits per heavy atom. The number of ether oxygens (including phenoxy) is 2. The van der Waals surface area contributed by atoms with Crippen molar-refractivity contribution in [2.75, 3.05) is 13.2 Å². The Kier molecular flexibility index (Phi) is 5.23. The van der Waals surface area contributed by atoms with Gasteiger partial charge in [0.1, 0.15) is 5.57 Å². The number of nitrogens with zero attached hydrogens (tertiary/aromatic N) is 1. The molecule has 0 bridgehead atoms. The monoisotopic (exact) mass is 307 g/mol. The summed E-state index contributed by atoms with van der Waals surface area (Å²) in [4.78, 5) is 38.3. The molecular weight excluding hydrogens is 295 g/mol. The van der Waals surface area contributed by atoms with Gasteiger partial charge in [0.05, 0.1) is 13.2 Å². The number of carbonyl (C=O) groups excluding carboxylic acids is 3. The molecule has 1 rings (SSSR count). The maximum absolute atomic E-state index is 12.7. The van der Waals surface area contributed by atoms with Crippen LogP contribution < -0.4 is 0 Å². The smallest absolute Gasteiger partial charge is 0.403 e. The van der Waals surface area contributed by atoms with E-state index in [1.807, 2.05) is 0 Å². The van der Waals surface area contributed by atoms with Gasteiger partial charge in [-0.2, -0.15) is 13.2 Å². The average molecular weight is 307 g/mol. The fourth-order valence-corrected chi connectivity index (χ4v) is 1.54. The molecule has 1 atom stereocenters. The zero-order valence-electron chi connectivity index (χ0n) is 11.2. The molecule has 0 aromatic heterocycles. The molecule has 21 heavy (non-hydrogen) atoms. The molecule has 116 valence electrons. The summed E-state index contributed by atoms with van der Waals surface area (Å²) in [5.74, 6) is -6.67. The van der Waals surface area contributed by atoms with Crippen molar-refractivity contribution in [2.45, 2.75) is 20.0 Å². The van der Waals surface area contributed by atoms with Crippen molar-refractivity contribution in [3.63, 3.8) is 0 Å². The minimum atomic E-state index is -4.92. The van der Waals surface area contributed by atoms with Crippen LogP contribution in [0.3, 0.4) is 0 Å². The van der Waals surface area contributed by atoms with Crippen molar-refractivity contribution in [2.24, 2.45) is 10.9 Å². The lowest BCUT2D eigenvalue weighted by molar-refractivity contribution is -0.165. The summed E-state index contributed by atoms with van der Waals surface area (Å²) in [6.45, 7) is 2.59. The molecule has 6 nitrogen and oxygen atoms in total. The molecular formula is C12H12F3NO5. The molecule has 1 unspecified atom stereocenters. The molecule has 0 aliphatic carbocycles. The van der Waals surface area contributed by atoms with Gasteiger partial charge in [0.25, 0.3) is 0 Å². The van der Waals surface area contributed by atoms with Crippen LogP contribution in [0.25, 0.3) is 0 Å².